The minimum atomic E-state index is -4.39. The van der Waals surface area contributed by atoms with E-state index in [2.05, 4.69) is 6.92 Å². The van der Waals surface area contributed by atoms with Crippen molar-refractivity contribution in [3.8, 4) is 17.2 Å². The third kappa shape index (κ3) is 8.13. The Labute approximate surface area is 190 Å². The summed E-state index contributed by atoms with van der Waals surface area (Å²) >= 11 is 0. The average Bonchev–Trinajstić information content (AvgIpc) is 2.62. The summed E-state index contributed by atoms with van der Waals surface area (Å²) < 4.78 is 38.2. The Bertz CT molecular complexity index is 836. The van der Waals surface area contributed by atoms with Crippen LogP contribution in [0, 0.1) is 0 Å². The Morgan fingerprint density at radius 1 is 0.929 bits per heavy atom. The summed E-state index contributed by atoms with van der Waals surface area (Å²) in [5.41, 5.74) is 0.751. The number of hydrogen-bond acceptors (Lipinski definition) is 4. The Kier molecular flexibility index (Phi) is 11.2. The third-order valence-electron chi connectivity index (χ3n) is 4.43. The molecule has 0 heterocycles. The maximum atomic E-state index is 11.7. The normalized spacial score (nSPS) is 11.1. The van der Waals surface area contributed by atoms with E-state index in [4.69, 9.17) is 4.74 Å². The van der Waals surface area contributed by atoms with Gasteiger partial charge in [-0.1, -0.05) is 69.7 Å². The largest absolute Gasteiger partial charge is 1.00 e. The molecule has 2 aromatic carbocycles. The molecule has 0 atom stereocenters. The van der Waals surface area contributed by atoms with E-state index in [1.807, 2.05) is 0 Å². The Morgan fingerprint density at radius 2 is 1.57 bits per heavy atom. The molecule has 0 aliphatic carbocycles. The molecule has 0 fully saturated rings. The van der Waals surface area contributed by atoms with Crippen LogP contribution in [-0.4, -0.2) is 13.0 Å². The summed E-state index contributed by atoms with van der Waals surface area (Å²) in [6, 6.07) is 10.4. The van der Waals surface area contributed by atoms with Gasteiger partial charge in [0.05, 0.1) is 0 Å². The van der Waals surface area contributed by atoms with Crippen molar-refractivity contribution in [2.45, 2.75) is 63.2 Å². The van der Waals surface area contributed by atoms with Gasteiger partial charge in [0.1, 0.15) is 16.4 Å². The third-order valence-corrected chi connectivity index (χ3v) is 5.32. The van der Waals surface area contributed by atoms with Gasteiger partial charge in [0.25, 0.3) is 10.1 Å². The molecule has 0 radical (unpaired) electrons. The van der Waals surface area contributed by atoms with Crippen LogP contribution in [0.1, 0.15) is 57.4 Å². The number of rotatable bonds is 11. The van der Waals surface area contributed by atoms with Gasteiger partial charge in [-0.25, -0.2) is 0 Å². The zero-order valence-electron chi connectivity index (χ0n) is 16.7. The molecule has 0 aromatic heterocycles. The second-order valence-electron chi connectivity index (χ2n) is 6.66. The molecular weight excluding hydrogens is 387 g/mol. The summed E-state index contributed by atoms with van der Waals surface area (Å²) in [7, 11) is -4.39. The van der Waals surface area contributed by atoms with Crippen LogP contribution in [0.25, 0.3) is 0 Å². The van der Waals surface area contributed by atoms with Crippen molar-refractivity contribution in [3.05, 3.63) is 48.0 Å². The molecular formula is C21H27NaO5S. The van der Waals surface area contributed by atoms with Crippen molar-refractivity contribution in [2.24, 2.45) is 0 Å². The minimum Gasteiger partial charge on any atom is -0.872 e. The maximum Gasteiger partial charge on any atom is 1.00 e. The predicted octanol–water partition coefficient (Wildman–Crippen LogP) is 2.10. The van der Waals surface area contributed by atoms with Gasteiger partial charge in [-0.2, -0.15) is 8.42 Å². The van der Waals surface area contributed by atoms with Crippen LogP contribution in [0.15, 0.2) is 47.4 Å². The number of hydrogen-bond donors (Lipinski definition) is 1. The van der Waals surface area contributed by atoms with Crippen LogP contribution in [0.5, 0.6) is 17.2 Å². The van der Waals surface area contributed by atoms with E-state index >= 15 is 0 Å². The molecule has 5 nitrogen and oxygen atoms in total. The molecule has 0 amide bonds. The van der Waals surface area contributed by atoms with Crippen molar-refractivity contribution >= 4 is 10.1 Å². The van der Waals surface area contributed by atoms with E-state index < -0.39 is 10.1 Å². The Morgan fingerprint density at radius 3 is 2.25 bits per heavy atom. The summed E-state index contributed by atoms with van der Waals surface area (Å²) in [4.78, 5) is -0.293. The molecule has 0 saturated carbocycles. The van der Waals surface area contributed by atoms with Crippen LogP contribution in [0.4, 0.5) is 0 Å². The number of benzene rings is 2. The molecule has 7 heteroatoms. The van der Waals surface area contributed by atoms with E-state index in [0.717, 1.165) is 18.4 Å². The van der Waals surface area contributed by atoms with Crippen LogP contribution in [0.3, 0.4) is 0 Å². The van der Waals surface area contributed by atoms with E-state index in [1.54, 1.807) is 12.1 Å². The monoisotopic (exact) mass is 414 g/mol. The van der Waals surface area contributed by atoms with Crippen molar-refractivity contribution < 1.29 is 52.4 Å². The SMILES string of the molecule is CCCCCCCCCc1cc([O-])ccc1Oc1ccccc1S(=O)(=O)O.[Na+]. The zero-order chi connectivity index (χ0) is 19.7. The second kappa shape index (κ2) is 12.5. The van der Waals surface area contributed by atoms with Gasteiger partial charge in [0.2, 0.25) is 0 Å². The summed E-state index contributed by atoms with van der Waals surface area (Å²) in [5, 5.41) is 11.7. The maximum absolute atomic E-state index is 11.7. The van der Waals surface area contributed by atoms with E-state index in [0.29, 0.717) is 12.2 Å². The molecule has 0 aliphatic rings. The van der Waals surface area contributed by atoms with Crippen LogP contribution in [0.2, 0.25) is 0 Å². The van der Waals surface area contributed by atoms with E-state index in [-0.39, 0.29) is 46.0 Å². The van der Waals surface area contributed by atoms with E-state index in [9.17, 15) is 18.1 Å². The minimum absolute atomic E-state index is 0. The summed E-state index contributed by atoms with van der Waals surface area (Å²) in [6.45, 7) is 2.19. The molecule has 0 spiro atoms. The van der Waals surface area contributed by atoms with Crippen molar-refractivity contribution in [3.63, 3.8) is 0 Å². The Hall–Kier alpha value is -1.05. The number of para-hydroxylation sites is 1. The second-order valence-corrected chi connectivity index (χ2v) is 8.05. The molecule has 0 bridgehead atoms. The molecule has 148 valence electrons. The van der Waals surface area contributed by atoms with Crippen molar-refractivity contribution in [1.29, 1.82) is 0 Å². The fourth-order valence-electron chi connectivity index (χ4n) is 2.99. The standard InChI is InChI=1S/C21H28O5S.Na/c1-2-3-4-5-6-7-8-11-17-16-18(22)14-15-19(17)26-20-12-9-10-13-21(20)27(23,24)25;/h9-10,12-16,22H,2-8,11H2,1H3,(H,23,24,25);/q;+1/p-1. The topological polar surface area (TPSA) is 86.7 Å². The predicted molar refractivity (Wildman–Crippen MR) is 104 cm³/mol. The van der Waals surface area contributed by atoms with Crippen LogP contribution >= 0.6 is 0 Å². The van der Waals surface area contributed by atoms with Crippen LogP contribution in [-0.2, 0) is 16.5 Å². The quantitative estimate of drug-likeness (QED) is 0.346. The average molecular weight is 414 g/mol. The van der Waals surface area contributed by atoms with Crippen molar-refractivity contribution in [1.82, 2.24) is 0 Å². The van der Waals surface area contributed by atoms with Gasteiger partial charge in [0.15, 0.2) is 0 Å². The first-order valence-corrected chi connectivity index (χ1v) is 10.9. The molecule has 28 heavy (non-hydrogen) atoms. The molecule has 0 aliphatic heterocycles. The molecule has 0 unspecified atom stereocenters. The summed E-state index contributed by atoms with van der Waals surface area (Å²) in [6.07, 6.45) is 8.84. The van der Waals surface area contributed by atoms with Gasteiger partial charge < -0.3 is 9.84 Å². The fraction of sp³-hybridized carbons (Fsp3) is 0.429. The smallest absolute Gasteiger partial charge is 0.872 e. The number of ether oxygens (including phenoxy) is 1. The van der Waals surface area contributed by atoms with Gasteiger partial charge in [-0.05, 0) is 36.6 Å². The van der Waals surface area contributed by atoms with Gasteiger partial charge in [-0.15, -0.1) is 5.75 Å². The Balaban J connectivity index is 0.00000392. The fourth-order valence-corrected chi connectivity index (χ4v) is 3.60. The number of aryl methyl sites for hydroxylation is 1. The zero-order valence-corrected chi connectivity index (χ0v) is 19.5. The van der Waals surface area contributed by atoms with Gasteiger partial charge in [0, 0.05) is 0 Å². The first-order chi connectivity index (χ1) is 12.9. The van der Waals surface area contributed by atoms with Gasteiger partial charge in [-0.3, -0.25) is 4.55 Å². The molecule has 2 aromatic rings. The summed E-state index contributed by atoms with van der Waals surface area (Å²) in [5.74, 6) is 0.375. The first kappa shape index (κ1) is 25.0. The van der Waals surface area contributed by atoms with E-state index in [1.165, 1.54) is 62.4 Å². The first-order valence-electron chi connectivity index (χ1n) is 9.46. The molecule has 0 saturated heterocycles. The van der Waals surface area contributed by atoms with Crippen molar-refractivity contribution in [2.75, 3.05) is 0 Å². The van der Waals surface area contributed by atoms with Gasteiger partial charge >= 0.3 is 29.6 Å². The number of unbranched alkanes of at least 4 members (excludes halogenated alkanes) is 6. The molecule has 1 N–H and O–H groups in total. The molecule has 2 rings (SSSR count). The van der Waals surface area contributed by atoms with Crippen LogP contribution < -0.4 is 39.4 Å².